The third-order valence-corrected chi connectivity index (χ3v) is 7.78. The second-order valence-electron chi connectivity index (χ2n) is 9.35. The van der Waals surface area contributed by atoms with Crippen LogP contribution in [-0.4, -0.2) is 12.5 Å². The molecule has 1 amide bonds. The predicted molar refractivity (Wildman–Crippen MR) is 117 cm³/mol. The lowest BCUT2D eigenvalue weighted by molar-refractivity contribution is -0.0504. The van der Waals surface area contributed by atoms with Crippen LogP contribution in [0.25, 0.3) is 0 Å². The predicted octanol–water partition coefficient (Wildman–Crippen LogP) is 6.77. The number of hydrogen-bond acceptors (Lipinski definition) is 3. The van der Waals surface area contributed by atoms with Gasteiger partial charge in [0.2, 0.25) is 0 Å². The summed E-state index contributed by atoms with van der Waals surface area (Å²) in [6, 6.07) is 6.54. The highest BCUT2D eigenvalue weighted by Crippen LogP contribution is 2.59. The van der Waals surface area contributed by atoms with Crippen LogP contribution in [0.5, 0.6) is 5.75 Å². The molecule has 1 N–H and O–H groups in total. The van der Waals surface area contributed by atoms with Crippen molar-refractivity contribution in [3.05, 3.63) is 50.9 Å². The minimum absolute atomic E-state index is 0.114. The Morgan fingerprint density at radius 2 is 1.63 bits per heavy atom. The van der Waals surface area contributed by atoms with Crippen molar-refractivity contribution >= 4 is 40.7 Å². The Bertz CT molecular complexity index is 912. The van der Waals surface area contributed by atoms with Crippen LogP contribution in [0.4, 0.5) is 0 Å². The highest BCUT2D eigenvalue weighted by Gasteiger charge is 2.50. The Hall–Kier alpha value is -1.36. The molecule has 0 spiro atoms. The summed E-state index contributed by atoms with van der Waals surface area (Å²) in [6.07, 6.45) is 7.99. The van der Waals surface area contributed by atoms with Gasteiger partial charge in [-0.05, 0) is 86.0 Å². The van der Waals surface area contributed by atoms with E-state index >= 15 is 0 Å². The fourth-order valence-corrected chi connectivity index (χ4v) is 7.18. The Balaban J connectivity index is 1.18. The topological polar surface area (TPSA) is 51.5 Å². The number of rotatable bonds is 6. The van der Waals surface area contributed by atoms with Gasteiger partial charge < -0.3 is 14.5 Å². The molecule has 1 aromatic carbocycles. The van der Waals surface area contributed by atoms with Crippen molar-refractivity contribution in [3.63, 3.8) is 0 Å². The maximum atomic E-state index is 12.7. The van der Waals surface area contributed by atoms with E-state index in [-0.39, 0.29) is 12.5 Å². The Labute approximate surface area is 191 Å². The quantitative estimate of drug-likeness (QED) is 0.509. The van der Waals surface area contributed by atoms with E-state index in [0.717, 1.165) is 24.3 Å². The van der Waals surface area contributed by atoms with E-state index in [1.54, 1.807) is 24.3 Å². The fourth-order valence-electron chi connectivity index (χ4n) is 6.25. The third kappa shape index (κ3) is 4.06. The van der Waals surface area contributed by atoms with Crippen LogP contribution < -0.4 is 10.1 Å². The molecule has 30 heavy (non-hydrogen) atoms. The second-order valence-corrected chi connectivity index (χ2v) is 10.6. The third-order valence-electron chi connectivity index (χ3n) is 7.00. The largest absolute Gasteiger partial charge is 0.483 e. The highest BCUT2D eigenvalue weighted by molar-refractivity contribution is 6.40. The zero-order valence-electron chi connectivity index (χ0n) is 16.6. The molecule has 0 aliphatic heterocycles. The molecule has 4 aliphatic rings. The molecule has 0 radical (unpaired) electrons. The van der Waals surface area contributed by atoms with Crippen molar-refractivity contribution < 1.29 is 13.9 Å². The first-order chi connectivity index (χ1) is 14.4. The fraction of sp³-hybridized carbons (Fsp3) is 0.522. The van der Waals surface area contributed by atoms with Crippen LogP contribution in [0.3, 0.4) is 0 Å². The average Bonchev–Trinajstić information content (AvgIpc) is 3.13. The number of nitrogens with one attached hydrogen (secondary N) is 1. The van der Waals surface area contributed by atoms with E-state index in [2.05, 4.69) is 5.32 Å². The number of carbonyl (C=O) groups is 1. The van der Waals surface area contributed by atoms with Crippen LogP contribution in [0.1, 0.15) is 54.8 Å². The maximum absolute atomic E-state index is 12.7. The van der Waals surface area contributed by atoms with Crippen LogP contribution in [0, 0.1) is 23.2 Å². The standard InChI is InChI=1S/C23H24Cl3NO3/c24-16-6-18(25)21(19(26)7-16)29-11-17-1-2-20(30-17)22(28)27-12-23-8-13-3-14(9-23)5-15(4-13)10-23/h1-2,6-7,13-15H,3-5,8-12H2,(H,27,28). The number of carbonyl (C=O) groups excluding carboxylic acids is 1. The summed E-state index contributed by atoms with van der Waals surface area (Å²) in [7, 11) is 0. The molecule has 6 rings (SSSR count). The zero-order valence-corrected chi connectivity index (χ0v) is 18.8. The number of furan rings is 1. The molecule has 4 fully saturated rings. The number of benzene rings is 1. The van der Waals surface area contributed by atoms with E-state index in [0.29, 0.717) is 37.8 Å². The molecule has 2 aromatic rings. The molecule has 0 saturated heterocycles. The molecule has 0 unspecified atom stereocenters. The van der Waals surface area contributed by atoms with Crippen LogP contribution >= 0.6 is 34.8 Å². The molecule has 1 aromatic heterocycles. The first kappa shape index (κ1) is 20.5. The average molecular weight is 469 g/mol. The maximum Gasteiger partial charge on any atom is 0.287 e. The monoisotopic (exact) mass is 467 g/mol. The molecule has 4 saturated carbocycles. The molecular formula is C23H24Cl3NO3. The highest BCUT2D eigenvalue weighted by atomic mass is 35.5. The summed E-state index contributed by atoms with van der Waals surface area (Å²) < 4.78 is 11.4. The molecule has 4 aliphatic carbocycles. The molecule has 7 heteroatoms. The lowest BCUT2D eigenvalue weighted by atomic mass is 9.49. The Morgan fingerprint density at radius 3 is 2.23 bits per heavy atom. The summed E-state index contributed by atoms with van der Waals surface area (Å²) in [6.45, 7) is 0.862. The van der Waals surface area contributed by atoms with Crippen molar-refractivity contribution in [2.75, 3.05) is 6.54 Å². The molecular weight excluding hydrogens is 445 g/mol. The van der Waals surface area contributed by atoms with Gasteiger partial charge in [-0.1, -0.05) is 34.8 Å². The van der Waals surface area contributed by atoms with E-state index in [9.17, 15) is 4.79 Å². The lowest BCUT2D eigenvalue weighted by Gasteiger charge is -2.56. The summed E-state index contributed by atoms with van der Waals surface area (Å²) in [5.41, 5.74) is 0.297. The van der Waals surface area contributed by atoms with Gasteiger partial charge in [0.1, 0.15) is 12.4 Å². The van der Waals surface area contributed by atoms with E-state index in [1.807, 2.05) is 0 Å². The zero-order chi connectivity index (χ0) is 20.9. The van der Waals surface area contributed by atoms with E-state index < -0.39 is 0 Å². The van der Waals surface area contributed by atoms with Crippen molar-refractivity contribution in [1.82, 2.24) is 5.32 Å². The van der Waals surface area contributed by atoms with Gasteiger partial charge in [0.25, 0.3) is 5.91 Å². The van der Waals surface area contributed by atoms with Crippen molar-refractivity contribution in [2.45, 2.75) is 45.1 Å². The van der Waals surface area contributed by atoms with Crippen LogP contribution in [0.2, 0.25) is 15.1 Å². The Morgan fingerprint density at radius 1 is 1.03 bits per heavy atom. The van der Waals surface area contributed by atoms with Gasteiger partial charge in [0.05, 0.1) is 10.0 Å². The van der Waals surface area contributed by atoms with Gasteiger partial charge in [-0.15, -0.1) is 0 Å². The van der Waals surface area contributed by atoms with Crippen molar-refractivity contribution in [1.29, 1.82) is 0 Å². The van der Waals surface area contributed by atoms with Gasteiger partial charge >= 0.3 is 0 Å². The minimum Gasteiger partial charge on any atom is -0.483 e. The Kier molecular flexibility index (Phi) is 5.45. The normalized spacial score (nSPS) is 29.2. The number of ether oxygens (including phenoxy) is 1. The van der Waals surface area contributed by atoms with Crippen molar-refractivity contribution in [3.8, 4) is 5.75 Å². The van der Waals surface area contributed by atoms with E-state index in [1.165, 1.54) is 38.5 Å². The van der Waals surface area contributed by atoms with Crippen LogP contribution in [0.15, 0.2) is 28.7 Å². The van der Waals surface area contributed by atoms with E-state index in [4.69, 9.17) is 44.0 Å². The number of amides is 1. The molecule has 4 bridgehead atoms. The minimum atomic E-state index is -0.167. The molecule has 1 heterocycles. The van der Waals surface area contributed by atoms with Crippen LogP contribution in [-0.2, 0) is 6.61 Å². The summed E-state index contributed by atoms with van der Waals surface area (Å²) in [5.74, 6) is 3.60. The van der Waals surface area contributed by atoms with Gasteiger partial charge in [-0.3, -0.25) is 4.79 Å². The number of hydrogen-bond donors (Lipinski definition) is 1. The summed E-state index contributed by atoms with van der Waals surface area (Å²) in [5, 5.41) is 4.23. The first-order valence-corrected chi connectivity index (χ1v) is 11.7. The SMILES string of the molecule is O=C(NCC12CC3CC(CC(C3)C1)C2)c1ccc(COc2c(Cl)cc(Cl)cc2Cl)o1. The molecule has 0 atom stereocenters. The summed E-state index contributed by atoms with van der Waals surface area (Å²) >= 11 is 18.2. The second kappa shape index (κ2) is 7.96. The lowest BCUT2D eigenvalue weighted by Crippen LogP contribution is -2.51. The van der Waals surface area contributed by atoms with Gasteiger partial charge in [-0.25, -0.2) is 0 Å². The number of halogens is 3. The van der Waals surface area contributed by atoms with Crippen molar-refractivity contribution in [2.24, 2.45) is 23.2 Å². The smallest absolute Gasteiger partial charge is 0.287 e. The molecule has 4 nitrogen and oxygen atoms in total. The van der Waals surface area contributed by atoms with Gasteiger partial charge in [-0.2, -0.15) is 0 Å². The first-order valence-electron chi connectivity index (χ1n) is 10.5. The summed E-state index contributed by atoms with van der Waals surface area (Å²) in [4.78, 5) is 12.7. The van der Waals surface area contributed by atoms with Gasteiger partial charge in [0, 0.05) is 11.6 Å². The van der Waals surface area contributed by atoms with Gasteiger partial charge in [0.15, 0.2) is 11.5 Å². The molecule has 160 valence electrons.